The normalized spacial score (nSPS) is 16.2. The summed E-state index contributed by atoms with van der Waals surface area (Å²) in [4.78, 5) is 12.1. The van der Waals surface area contributed by atoms with E-state index in [4.69, 9.17) is 0 Å². The highest BCUT2D eigenvalue weighted by Crippen LogP contribution is 2.18. The Morgan fingerprint density at radius 2 is 1.81 bits per heavy atom. The van der Waals surface area contributed by atoms with Crippen molar-refractivity contribution in [2.75, 3.05) is 7.11 Å². The van der Waals surface area contributed by atoms with Crippen LogP contribution in [-0.2, 0) is 20.3 Å². The second-order valence-electron chi connectivity index (χ2n) is 3.63. The summed E-state index contributed by atoms with van der Waals surface area (Å²) in [5.41, 5.74) is 0. The number of methoxy groups -OCH3 is 1. The lowest BCUT2D eigenvalue weighted by Crippen LogP contribution is -2.28. The minimum absolute atomic E-state index is 0.255. The van der Waals surface area contributed by atoms with Crippen molar-refractivity contribution in [3.8, 4) is 0 Å². The third-order valence-electron chi connectivity index (χ3n) is 2.59. The van der Waals surface area contributed by atoms with Crippen LogP contribution >= 0.6 is 0 Å². The zero-order valence-corrected chi connectivity index (χ0v) is 10.5. The van der Waals surface area contributed by atoms with Crippen LogP contribution in [0.4, 0.5) is 0 Å². The Hall–Kier alpha value is -1.16. The Labute approximate surface area is 98.3 Å². The van der Waals surface area contributed by atoms with E-state index in [-0.39, 0.29) is 17.1 Å². The zero-order valence-electron chi connectivity index (χ0n) is 9.67. The second kappa shape index (κ2) is 5.80. The molecule has 3 unspecified atom stereocenters. The van der Waals surface area contributed by atoms with Crippen molar-refractivity contribution < 1.29 is 13.7 Å². The summed E-state index contributed by atoms with van der Waals surface area (Å²) in [6, 6.07) is 9.15. The van der Waals surface area contributed by atoms with Gasteiger partial charge in [-0.2, -0.15) is 0 Å². The molecule has 3 atom stereocenters. The number of esters is 1. The van der Waals surface area contributed by atoms with Gasteiger partial charge in [-0.15, -0.1) is 0 Å². The highest BCUT2D eigenvalue weighted by atomic mass is 32.2. The molecule has 0 N–H and O–H groups in total. The Morgan fingerprint density at radius 1 is 1.25 bits per heavy atom. The molecular formula is C12H16O3S. The van der Waals surface area contributed by atoms with Crippen molar-refractivity contribution >= 4 is 16.8 Å². The molecule has 0 radical (unpaired) electrons. The number of hydrogen-bond acceptors (Lipinski definition) is 3. The van der Waals surface area contributed by atoms with Gasteiger partial charge in [-0.1, -0.05) is 25.1 Å². The van der Waals surface area contributed by atoms with Gasteiger partial charge in [0.1, 0.15) is 0 Å². The number of ether oxygens (including phenoxy) is 1. The maximum absolute atomic E-state index is 12.1. The van der Waals surface area contributed by atoms with Crippen molar-refractivity contribution in [2.24, 2.45) is 5.92 Å². The van der Waals surface area contributed by atoms with E-state index in [0.29, 0.717) is 0 Å². The molecule has 1 aromatic rings. The molecule has 1 aromatic carbocycles. The third kappa shape index (κ3) is 2.92. The Kier molecular flexibility index (Phi) is 4.68. The molecule has 0 bridgehead atoms. The van der Waals surface area contributed by atoms with Crippen LogP contribution in [-0.4, -0.2) is 22.5 Å². The van der Waals surface area contributed by atoms with Crippen molar-refractivity contribution in [3.05, 3.63) is 30.3 Å². The van der Waals surface area contributed by atoms with Crippen molar-refractivity contribution in [2.45, 2.75) is 24.0 Å². The molecule has 0 aliphatic heterocycles. The van der Waals surface area contributed by atoms with Gasteiger partial charge in [0.15, 0.2) is 0 Å². The Morgan fingerprint density at radius 3 is 2.31 bits per heavy atom. The number of carbonyl (C=O) groups excluding carboxylic acids is 1. The molecule has 0 saturated carbocycles. The number of carbonyl (C=O) groups is 1. The van der Waals surface area contributed by atoms with Gasteiger partial charge in [0, 0.05) is 10.1 Å². The lowest BCUT2D eigenvalue weighted by atomic mass is 10.1. The average molecular weight is 240 g/mol. The molecule has 4 heteroatoms. The maximum atomic E-state index is 12.1. The summed E-state index contributed by atoms with van der Waals surface area (Å²) in [6.07, 6.45) is 0. The predicted molar refractivity (Wildman–Crippen MR) is 63.5 cm³/mol. The third-order valence-corrected chi connectivity index (χ3v) is 4.41. The standard InChI is InChI=1S/C12H16O3S/c1-9(12(13)15-3)10(2)16(14)11-7-5-4-6-8-11/h4-10H,1-3H3. The van der Waals surface area contributed by atoms with Crippen LogP contribution in [0.5, 0.6) is 0 Å². The molecule has 1 rings (SSSR count). The van der Waals surface area contributed by atoms with Crippen molar-refractivity contribution in [1.82, 2.24) is 0 Å². The fourth-order valence-electron chi connectivity index (χ4n) is 1.33. The van der Waals surface area contributed by atoms with Gasteiger partial charge in [0.2, 0.25) is 0 Å². The molecule has 3 nitrogen and oxygen atoms in total. The first-order valence-electron chi connectivity index (χ1n) is 5.11. The van der Waals surface area contributed by atoms with Gasteiger partial charge in [-0.05, 0) is 19.1 Å². The Balaban J connectivity index is 2.79. The molecular weight excluding hydrogens is 224 g/mol. The summed E-state index contributed by atoms with van der Waals surface area (Å²) in [5.74, 6) is -0.692. The zero-order chi connectivity index (χ0) is 12.1. The van der Waals surface area contributed by atoms with Crippen LogP contribution in [0.15, 0.2) is 35.2 Å². The molecule has 16 heavy (non-hydrogen) atoms. The van der Waals surface area contributed by atoms with Gasteiger partial charge in [0.25, 0.3) is 0 Å². The topological polar surface area (TPSA) is 43.4 Å². The van der Waals surface area contributed by atoms with Gasteiger partial charge in [-0.25, -0.2) is 0 Å². The summed E-state index contributed by atoms with van der Waals surface area (Å²) in [5, 5.41) is -0.255. The quantitative estimate of drug-likeness (QED) is 0.756. The monoisotopic (exact) mass is 240 g/mol. The first kappa shape index (κ1) is 12.9. The first-order valence-corrected chi connectivity index (χ1v) is 6.32. The number of benzene rings is 1. The van der Waals surface area contributed by atoms with Gasteiger partial charge < -0.3 is 4.74 Å². The van der Waals surface area contributed by atoms with E-state index in [9.17, 15) is 9.00 Å². The molecule has 0 spiro atoms. The molecule has 88 valence electrons. The van der Waals surface area contributed by atoms with Crippen LogP contribution in [0.3, 0.4) is 0 Å². The van der Waals surface area contributed by atoms with E-state index in [2.05, 4.69) is 4.74 Å². The SMILES string of the molecule is COC(=O)C(C)C(C)S(=O)c1ccccc1. The second-order valence-corrected chi connectivity index (χ2v) is 5.44. The van der Waals surface area contributed by atoms with Crippen molar-refractivity contribution in [1.29, 1.82) is 0 Å². The Bertz CT molecular complexity index is 375. The summed E-state index contributed by atoms with van der Waals surface area (Å²) in [6.45, 7) is 3.53. The summed E-state index contributed by atoms with van der Waals surface area (Å²) in [7, 11) is 0.163. The highest BCUT2D eigenvalue weighted by Gasteiger charge is 2.26. The van der Waals surface area contributed by atoms with Gasteiger partial charge in [-0.3, -0.25) is 9.00 Å². The largest absolute Gasteiger partial charge is 0.469 e. The lowest BCUT2D eigenvalue weighted by Gasteiger charge is -2.17. The van der Waals surface area contributed by atoms with Crippen LogP contribution in [0.1, 0.15) is 13.8 Å². The number of rotatable bonds is 4. The summed E-state index contributed by atoms with van der Waals surface area (Å²) < 4.78 is 16.8. The van der Waals surface area contributed by atoms with Gasteiger partial charge >= 0.3 is 5.97 Å². The van der Waals surface area contributed by atoms with Crippen LogP contribution in [0.25, 0.3) is 0 Å². The molecule has 0 aliphatic rings. The van der Waals surface area contributed by atoms with E-state index in [1.165, 1.54) is 7.11 Å². The molecule has 0 aliphatic carbocycles. The van der Waals surface area contributed by atoms with Crippen LogP contribution in [0, 0.1) is 5.92 Å². The fourth-order valence-corrected chi connectivity index (χ4v) is 2.67. The molecule has 0 saturated heterocycles. The minimum Gasteiger partial charge on any atom is -0.469 e. The van der Waals surface area contributed by atoms with Crippen LogP contribution < -0.4 is 0 Å². The maximum Gasteiger partial charge on any atom is 0.309 e. The summed E-state index contributed by atoms with van der Waals surface area (Å²) >= 11 is 0. The molecule has 0 fully saturated rings. The lowest BCUT2D eigenvalue weighted by molar-refractivity contribution is -0.144. The van der Waals surface area contributed by atoms with E-state index in [0.717, 1.165) is 4.90 Å². The smallest absolute Gasteiger partial charge is 0.309 e. The van der Waals surface area contributed by atoms with Crippen molar-refractivity contribution in [3.63, 3.8) is 0 Å². The highest BCUT2D eigenvalue weighted by molar-refractivity contribution is 7.85. The molecule has 0 aromatic heterocycles. The molecule has 0 heterocycles. The predicted octanol–water partition coefficient (Wildman–Crippen LogP) is 1.99. The minimum atomic E-state index is -1.18. The van der Waals surface area contributed by atoms with E-state index in [1.54, 1.807) is 26.0 Å². The molecule has 0 amide bonds. The van der Waals surface area contributed by atoms with E-state index in [1.807, 2.05) is 18.2 Å². The van der Waals surface area contributed by atoms with Gasteiger partial charge in [0.05, 0.1) is 23.8 Å². The van der Waals surface area contributed by atoms with E-state index >= 15 is 0 Å². The number of hydrogen-bond donors (Lipinski definition) is 0. The van der Waals surface area contributed by atoms with E-state index < -0.39 is 10.8 Å². The first-order chi connectivity index (χ1) is 7.57. The fraction of sp³-hybridized carbons (Fsp3) is 0.417. The average Bonchev–Trinajstić information content (AvgIpc) is 2.36. The van der Waals surface area contributed by atoms with Crippen LogP contribution in [0.2, 0.25) is 0 Å².